The summed E-state index contributed by atoms with van der Waals surface area (Å²) in [4.78, 5) is 13.6. The number of hydrogen-bond donors (Lipinski definition) is 2. The summed E-state index contributed by atoms with van der Waals surface area (Å²) in [5.74, 6) is 0. The fourth-order valence-electron chi connectivity index (χ4n) is 1.09. The molecule has 0 saturated carbocycles. The van der Waals surface area contributed by atoms with E-state index in [1.54, 1.807) is 6.20 Å². The minimum absolute atomic E-state index is 0.122. The first-order valence-corrected chi connectivity index (χ1v) is 3.31. The van der Waals surface area contributed by atoms with Crippen LogP contribution < -0.4 is 5.56 Å². The second-order valence-electron chi connectivity index (χ2n) is 2.40. The standard InChI is InChI=1S/C7H7N3O/c1-4-5-2-3-8-7(11)6(5)10-9-4/h2-3H,1H3,(H,8,11)(H,9,10). The van der Waals surface area contributed by atoms with Gasteiger partial charge in [-0.15, -0.1) is 0 Å². The van der Waals surface area contributed by atoms with Gasteiger partial charge < -0.3 is 4.98 Å². The van der Waals surface area contributed by atoms with E-state index in [0.717, 1.165) is 11.1 Å². The molecule has 0 unspecified atom stereocenters. The number of aromatic amines is 2. The van der Waals surface area contributed by atoms with Crippen molar-refractivity contribution >= 4 is 10.9 Å². The fraction of sp³-hybridized carbons (Fsp3) is 0.143. The highest BCUT2D eigenvalue weighted by Gasteiger charge is 2.01. The summed E-state index contributed by atoms with van der Waals surface area (Å²) < 4.78 is 0. The first kappa shape index (κ1) is 6.15. The zero-order valence-electron chi connectivity index (χ0n) is 6.01. The van der Waals surface area contributed by atoms with Gasteiger partial charge in [0.25, 0.3) is 5.56 Å². The lowest BCUT2D eigenvalue weighted by Gasteiger charge is -1.85. The third kappa shape index (κ3) is 0.756. The average molecular weight is 149 g/mol. The average Bonchev–Trinajstić information content (AvgIpc) is 2.35. The zero-order valence-corrected chi connectivity index (χ0v) is 6.01. The largest absolute Gasteiger partial charge is 0.327 e. The highest BCUT2D eigenvalue weighted by atomic mass is 16.1. The van der Waals surface area contributed by atoms with Crippen LogP contribution in [-0.2, 0) is 0 Å². The van der Waals surface area contributed by atoms with Gasteiger partial charge in [-0.1, -0.05) is 0 Å². The predicted octanol–water partition coefficient (Wildman–Crippen LogP) is 0.560. The lowest BCUT2D eigenvalue weighted by molar-refractivity contribution is 1.06. The van der Waals surface area contributed by atoms with Crippen molar-refractivity contribution in [2.45, 2.75) is 6.92 Å². The number of nitrogens with one attached hydrogen (secondary N) is 2. The van der Waals surface area contributed by atoms with E-state index < -0.39 is 0 Å². The van der Waals surface area contributed by atoms with Crippen molar-refractivity contribution < 1.29 is 0 Å². The Morgan fingerprint density at radius 3 is 3.09 bits per heavy atom. The predicted molar refractivity (Wildman–Crippen MR) is 41.5 cm³/mol. The molecular weight excluding hydrogens is 142 g/mol. The number of hydrogen-bond acceptors (Lipinski definition) is 2. The van der Waals surface area contributed by atoms with E-state index >= 15 is 0 Å². The molecule has 2 aromatic rings. The molecule has 0 aliphatic heterocycles. The molecule has 0 bridgehead atoms. The van der Waals surface area contributed by atoms with Crippen molar-refractivity contribution in [3.05, 3.63) is 28.3 Å². The first-order valence-electron chi connectivity index (χ1n) is 3.31. The molecule has 11 heavy (non-hydrogen) atoms. The fourth-order valence-corrected chi connectivity index (χ4v) is 1.09. The van der Waals surface area contributed by atoms with Gasteiger partial charge in [-0.25, -0.2) is 0 Å². The smallest absolute Gasteiger partial charge is 0.273 e. The molecule has 0 atom stereocenters. The highest BCUT2D eigenvalue weighted by Crippen LogP contribution is 2.08. The highest BCUT2D eigenvalue weighted by molar-refractivity contribution is 5.79. The van der Waals surface area contributed by atoms with Gasteiger partial charge in [-0.2, -0.15) is 5.10 Å². The van der Waals surface area contributed by atoms with Gasteiger partial charge in [0.2, 0.25) is 0 Å². The maximum absolute atomic E-state index is 11.1. The summed E-state index contributed by atoms with van der Waals surface area (Å²) in [6, 6.07) is 1.83. The third-order valence-electron chi connectivity index (χ3n) is 1.69. The van der Waals surface area contributed by atoms with Crippen LogP contribution in [0.4, 0.5) is 0 Å². The monoisotopic (exact) mass is 149 g/mol. The summed E-state index contributed by atoms with van der Waals surface area (Å²) in [5.41, 5.74) is 1.28. The Labute approximate surface area is 62.3 Å². The third-order valence-corrected chi connectivity index (χ3v) is 1.69. The Bertz CT molecular complexity index is 440. The number of nitrogens with zero attached hydrogens (tertiary/aromatic N) is 1. The second kappa shape index (κ2) is 1.95. The molecule has 2 rings (SSSR count). The Kier molecular flexibility index (Phi) is 1.09. The molecule has 56 valence electrons. The molecule has 0 spiro atoms. The Morgan fingerprint density at radius 2 is 2.36 bits per heavy atom. The van der Waals surface area contributed by atoms with Crippen molar-refractivity contribution in [1.29, 1.82) is 0 Å². The number of aromatic nitrogens is 3. The molecule has 0 saturated heterocycles. The van der Waals surface area contributed by atoms with Gasteiger partial charge in [0.1, 0.15) is 5.52 Å². The van der Waals surface area contributed by atoms with E-state index in [4.69, 9.17) is 0 Å². The quantitative estimate of drug-likeness (QED) is 0.574. The summed E-state index contributed by atoms with van der Waals surface area (Å²) >= 11 is 0. The van der Waals surface area contributed by atoms with Crippen molar-refractivity contribution in [3.63, 3.8) is 0 Å². The van der Waals surface area contributed by atoms with Gasteiger partial charge in [0.05, 0.1) is 5.69 Å². The van der Waals surface area contributed by atoms with E-state index in [-0.39, 0.29) is 5.56 Å². The van der Waals surface area contributed by atoms with E-state index in [0.29, 0.717) is 5.52 Å². The van der Waals surface area contributed by atoms with Crippen LogP contribution in [0, 0.1) is 6.92 Å². The van der Waals surface area contributed by atoms with Crippen LogP contribution in [0.15, 0.2) is 17.1 Å². The molecule has 0 aliphatic carbocycles. The van der Waals surface area contributed by atoms with Crippen molar-refractivity contribution in [1.82, 2.24) is 15.2 Å². The zero-order chi connectivity index (χ0) is 7.84. The van der Waals surface area contributed by atoms with Gasteiger partial charge >= 0.3 is 0 Å². The minimum atomic E-state index is -0.122. The van der Waals surface area contributed by atoms with Crippen LogP contribution in [0.5, 0.6) is 0 Å². The molecule has 2 aromatic heterocycles. The van der Waals surface area contributed by atoms with Gasteiger partial charge in [-0.05, 0) is 13.0 Å². The molecule has 0 radical (unpaired) electrons. The van der Waals surface area contributed by atoms with Crippen LogP contribution >= 0.6 is 0 Å². The van der Waals surface area contributed by atoms with Crippen molar-refractivity contribution in [2.24, 2.45) is 0 Å². The summed E-state index contributed by atoms with van der Waals surface area (Å²) in [5, 5.41) is 7.46. The Balaban J connectivity index is 3.06. The Morgan fingerprint density at radius 1 is 1.55 bits per heavy atom. The van der Waals surface area contributed by atoms with E-state index in [1.165, 1.54) is 0 Å². The van der Waals surface area contributed by atoms with Gasteiger partial charge in [0, 0.05) is 11.6 Å². The normalized spacial score (nSPS) is 10.6. The van der Waals surface area contributed by atoms with Crippen LogP contribution in [-0.4, -0.2) is 15.2 Å². The van der Waals surface area contributed by atoms with Gasteiger partial charge in [0.15, 0.2) is 0 Å². The van der Waals surface area contributed by atoms with Crippen LogP contribution in [0.2, 0.25) is 0 Å². The van der Waals surface area contributed by atoms with E-state index in [1.807, 2.05) is 13.0 Å². The SMILES string of the molecule is Cc1n[nH]c2c(=O)[nH]ccc12. The molecule has 2 N–H and O–H groups in total. The first-order chi connectivity index (χ1) is 5.29. The van der Waals surface area contributed by atoms with Crippen molar-refractivity contribution in [2.75, 3.05) is 0 Å². The number of rotatable bonds is 0. The summed E-state index contributed by atoms with van der Waals surface area (Å²) in [6.07, 6.45) is 1.62. The molecule has 4 heteroatoms. The molecule has 0 amide bonds. The number of fused-ring (bicyclic) bond motifs is 1. The number of pyridine rings is 1. The van der Waals surface area contributed by atoms with E-state index in [9.17, 15) is 4.79 Å². The Hall–Kier alpha value is -1.58. The van der Waals surface area contributed by atoms with Crippen LogP contribution in [0.1, 0.15) is 5.69 Å². The molecule has 0 fully saturated rings. The molecule has 2 heterocycles. The molecular formula is C7H7N3O. The number of aryl methyl sites for hydroxylation is 1. The molecule has 0 aliphatic rings. The van der Waals surface area contributed by atoms with E-state index in [2.05, 4.69) is 15.2 Å². The molecule has 4 nitrogen and oxygen atoms in total. The second-order valence-corrected chi connectivity index (χ2v) is 2.40. The van der Waals surface area contributed by atoms with Crippen molar-refractivity contribution in [3.8, 4) is 0 Å². The lowest BCUT2D eigenvalue weighted by Crippen LogP contribution is -2.03. The topological polar surface area (TPSA) is 61.5 Å². The minimum Gasteiger partial charge on any atom is -0.327 e. The van der Waals surface area contributed by atoms with Crippen LogP contribution in [0.25, 0.3) is 10.9 Å². The maximum atomic E-state index is 11.1. The number of H-pyrrole nitrogens is 2. The van der Waals surface area contributed by atoms with Crippen LogP contribution in [0.3, 0.4) is 0 Å². The summed E-state index contributed by atoms with van der Waals surface area (Å²) in [6.45, 7) is 1.86. The lowest BCUT2D eigenvalue weighted by atomic mass is 10.3. The summed E-state index contributed by atoms with van der Waals surface area (Å²) in [7, 11) is 0. The molecule has 0 aromatic carbocycles. The maximum Gasteiger partial charge on any atom is 0.273 e. The van der Waals surface area contributed by atoms with Gasteiger partial charge in [-0.3, -0.25) is 9.89 Å².